The number of nitro groups is 1. The van der Waals surface area contributed by atoms with Crippen molar-refractivity contribution in [2.45, 2.75) is 20.3 Å². The Hall–Kier alpha value is -2.11. The molecule has 0 fully saturated rings. The number of carbonyl (C=O) groups is 1. The van der Waals surface area contributed by atoms with Crippen molar-refractivity contribution >= 4 is 17.3 Å². The van der Waals surface area contributed by atoms with E-state index in [9.17, 15) is 14.9 Å². The summed E-state index contributed by atoms with van der Waals surface area (Å²) < 4.78 is 0. The van der Waals surface area contributed by atoms with Crippen LogP contribution in [0.25, 0.3) is 0 Å². The number of carboxylic acid groups (broad SMARTS) is 1. The Morgan fingerprint density at radius 2 is 2.22 bits per heavy atom. The zero-order chi connectivity index (χ0) is 13.7. The molecule has 1 unspecified atom stereocenters. The Morgan fingerprint density at radius 3 is 2.78 bits per heavy atom. The molecule has 0 aliphatic rings. The van der Waals surface area contributed by atoms with Crippen LogP contribution in [0, 0.1) is 23.0 Å². The van der Waals surface area contributed by atoms with Gasteiger partial charge in [-0.1, -0.05) is 13.0 Å². The van der Waals surface area contributed by atoms with Crippen molar-refractivity contribution in [1.82, 2.24) is 0 Å². The maximum Gasteiger partial charge on any atom is 0.303 e. The lowest BCUT2D eigenvalue weighted by molar-refractivity contribution is -0.384. The minimum Gasteiger partial charge on any atom is -0.481 e. The molecule has 1 atom stereocenters. The molecule has 0 bridgehead atoms. The standard InChI is InChI=1S/C12H16N2O4/c1-8-3-4-10(11(5-8)14(17)18)13-7-9(2)6-12(15)16/h3-5,9,13H,6-7H2,1-2H3,(H,15,16). The molecule has 0 amide bonds. The summed E-state index contributed by atoms with van der Waals surface area (Å²) in [5, 5.41) is 22.4. The van der Waals surface area contributed by atoms with Crippen molar-refractivity contribution in [3.05, 3.63) is 33.9 Å². The number of hydrogen-bond donors (Lipinski definition) is 2. The molecule has 2 N–H and O–H groups in total. The molecule has 6 heteroatoms. The monoisotopic (exact) mass is 252 g/mol. The van der Waals surface area contributed by atoms with E-state index in [1.165, 1.54) is 6.07 Å². The molecule has 18 heavy (non-hydrogen) atoms. The predicted octanol–water partition coefficient (Wildman–Crippen LogP) is 2.43. The third-order valence-corrected chi connectivity index (χ3v) is 2.51. The van der Waals surface area contributed by atoms with Crippen LogP contribution < -0.4 is 5.32 Å². The lowest BCUT2D eigenvalue weighted by atomic mass is 10.1. The minimum atomic E-state index is -0.872. The van der Waals surface area contributed by atoms with Crippen molar-refractivity contribution in [3.63, 3.8) is 0 Å². The van der Waals surface area contributed by atoms with Crippen LogP contribution in [0.2, 0.25) is 0 Å². The fourth-order valence-corrected chi connectivity index (χ4v) is 1.60. The number of nitrogens with one attached hydrogen (secondary N) is 1. The first-order chi connectivity index (χ1) is 8.40. The number of nitro benzene ring substituents is 1. The second kappa shape index (κ2) is 6.00. The maximum atomic E-state index is 10.9. The highest BCUT2D eigenvalue weighted by molar-refractivity contribution is 5.67. The molecular formula is C12H16N2O4. The molecule has 0 aliphatic heterocycles. The highest BCUT2D eigenvalue weighted by Crippen LogP contribution is 2.25. The molecule has 1 aromatic rings. The first kappa shape index (κ1) is 14.0. The lowest BCUT2D eigenvalue weighted by Crippen LogP contribution is -2.15. The van der Waals surface area contributed by atoms with E-state index < -0.39 is 10.9 Å². The van der Waals surface area contributed by atoms with Gasteiger partial charge in [-0.15, -0.1) is 0 Å². The van der Waals surface area contributed by atoms with Crippen LogP contribution in [-0.2, 0) is 4.79 Å². The Labute approximate surface area is 105 Å². The third-order valence-electron chi connectivity index (χ3n) is 2.51. The number of anilines is 1. The third kappa shape index (κ3) is 4.04. The molecule has 6 nitrogen and oxygen atoms in total. The summed E-state index contributed by atoms with van der Waals surface area (Å²) in [7, 11) is 0. The van der Waals surface area contributed by atoms with Gasteiger partial charge in [0, 0.05) is 19.0 Å². The maximum absolute atomic E-state index is 10.9. The van der Waals surface area contributed by atoms with Gasteiger partial charge < -0.3 is 10.4 Å². The highest BCUT2D eigenvalue weighted by atomic mass is 16.6. The molecular weight excluding hydrogens is 236 g/mol. The molecule has 98 valence electrons. The number of aryl methyl sites for hydroxylation is 1. The van der Waals surface area contributed by atoms with Crippen molar-refractivity contribution in [3.8, 4) is 0 Å². The second-order valence-corrected chi connectivity index (χ2v) is 4.36. The number of carboxylic acids is 1. The Morgan fingerprint density at radius 1 is 1.56 bits per heavy atom. The summed E-state index contributed by atoms with van der Waals surface area (Å²) in [6.45, 7) is 3.95. The zero-order valence-electron chi connectivity index (χ0n) is 10.3. The first-order valence-corrected chi connectivity index (χ1v) is 5.61. The van der Waals surface area contributed by atoms with Crippen LogP contribution in [0.4, 0.5) is 11.4 Å². The van der Waals surface area contributed by atoms with Gasteiger partial charge in [0.2, 0.25) is 0 Å². The van der Waals surface area contributed by atoms with Crippen molar-refractivity contribution in [2.75, 3.05) is 11.9 Å². The van der Waals surface area contributed by atoms with Gasteiger partial charge in [0.15, 0.2) is 0 Å². The largest absolute Gasteiger partial charge is 0.481 e. The molecule has 0 radical (unpaired) electrons. The second-order valence-electron chi connectivity index (χ2n) is 4.36. The molecule has 0 saturated heterocycles. The quantitative estimate of drug-likeness (QED) is 0.599. The summed E-state index contributed by atoms with van der Waals surface area (Å²) in [6.07, 6.45) is 0.0344. The molecule has 0 aromatic heterocycles. The Kier molecular flexibility index (Phi) is 4.65. The molecule has 1 aromatic carbocycles. The topological polar surface area (TPSA) is 92.5 Å². The molecule has 1 rings (SSSR count). The normalized spacial score (nSPS) is 11.9. The molecule has 0 heterocycles. The summed E-state index contributed by atoms with van der Waals surface area (Å²) in [6, 6.07) is 4.91. The van der Waals surface area contributed by atoms with Crippen LogP contribution in [0.5, 0.6) is 0 Å². The van der Waals surface area contributed by atoms with E-state index in [0.717, 1.165) is 5.56 Å². The van der Waals surface area contributed by atoms with Crippen LogP contribution >= 0.6 is 0 Å². The fraction of sp³-hybridized carbons (Fsp3) is 0.417. The number of benzene rings is 1. The van der Waals surface area contributed by atoms with Crippen LogP contribution in [0.1, 0.15) is 18.9 Å². The van der Waals surface area contributed by atoms with Gasteiger partial charge in [0.25, 0.3) is 5.69 Å². The van der Waals surface area contributed by atoms with Gasteiger partial charge in [-0.25, -0.2) is 0 Å². The summed E-state index contributed by atoms with van der Waals surface area (Å²) in [5.41, 5.74) is 1.24. The summed E-state index contributed by atoms with van der Waals surface area (Å²) in [4.78, 5) is 20.9. The smallest absolute Gasteiger partial charge is 0.303 e. The van der Waals surface area contributed by atoms with Gasteiger partial charge in [-0.3, -0.25) is 14.9 Å². The number of rotatable bonds is 6. The van der Waals surface area contributed by atoms with Gasteiger partial charge in [-0.2, -0.15) is 0 Å². The van der Waals surface area contributed by atoms with E-state index in [1.807, 2.05) is 0 Å². The van der Waals surface area contributed by atoms with Crippen molar-refractivity contribution in [1.29, 1.82) is 0 Å². The van der Waals surface area contributed by atoms with Crippen LogP contribution in [0.3, 0.4) is 0 Å². The fourth-order valence-electron chi connectivity index (χ4n) is 1.60. The minimum absolute atomic E-state index is 0.0116. The molecule has 0 saturated carbocycles. The SMILES string of the molecule is Cc1ccc(NCC(C)CC(=O)O)c([N+](=O)[O-])c1. The lowest BCUT2D eigenvalue weighted by Gasteiger charge is -2.11. The molecule has 0 spiro atoms. The van der Waals surface area contributed by atoms with E-state index in [0.29, 0.717) is 12.2 Å². The molecule has 0 aliphatic carbocycles. The van der Waals surface area contributed by atoms with E-state index in [1.54, 1.807) is 26.0 Å². The van der Waals surface area contributed by atoms with E-state index in [-0.39, 0.29) is 18.0 Å². The Bertz CT molecular complexity index is 459. The van der Waals surface area contributed by atoms with E-state index in [2.05, 4.69) is 5.32 Å². The van der Waals surface area contributed by atoms with Crippen molar-refractivity contribution < 1.29 is 14.8 Å². The van der Waals surface area contributed by atoms with E-state index >= 15 is 0 Å². The van der Waals surface area contributed by atoms with Gasteiger partial charge in [0.05, 0.1) is 4.92 Å². The van der Waals surface area contributed by atoms with Gasteiger partial charge >= 0.3 is 5.97 Å². The van der Waals surface area contributed by atoms with Crippen LogP contribution in [-0.4, -0.2) is 22.5 Å². The number of nitrogens with zero attached hydrogens (tertiary/aromatic N) is 1. The number of hydrogen-bond acceptors (Lipinski definition) is 4. The predicted molar refractivity (Wildman–Crippen MR) is 67.7 cm³/mol. The van der Waals surface area contributed by atoms with E-state index in [4.69, 9.17) is 5.11 Å². The zero-order valence-corrected chi connectivity index (χ0v) is 10.3. The average Bonchev–Trinajstić information content (AvgIpc) is 2.26. The summed E-state index contributed by atoms with van der Waals surface area (Å²) in [5.74, 6) is -0.967. The first-order valence-electron chi connectivity index (χ1n) is 5.61. The summed E-state index contributed by atoms with van der Waals surface area (Å²) >= 11 is 0. The van der Waals surface area contributed by atoms with Gasteiger partial charge in [0.1, 0.15) is 5.69 Å². The Balaban J connectivity index is 2.72. The van der Waals surface area contributed by atoms with Crippen LogP contribution in [0.15, 0.2) is 18.2 Å². The highest BCUT2D eigenvalue weighted by Gasteiger charge is 2.15. The average molecular weight is 252 g/mol. The van der Waals surface area contributed by atoms with Gasteiger partial charge in [-0.05, 0) is 24.5 Å². The number of aliphatic carboxylic acids is 1. The van der Waals surface area contributed by atoms with Crippen molar-refractivity contribution in [2.24, 2.45) is 5.92 Å².